The van der Waals surface area contributed by atoms with Crippen molar-refractivity contribution >= 4 is 19.9 Å². The van der Waals surface area contributed by atoms with Crippen molar-refractivity contribution in [3.63, 3.8) is 0 Å². The van der Waals surface area contributed by atoms with Gasteiger partial charge in [-0.05, 0) is 28.3 Å². The number of rotatable bonds is 9. The number of para-hydroxylation sites is 1. The van der Waals surface area contributed by atoms with Crippen LogP contribution in [-0.2, 0) is 21.4 Å². The van der Waals surface area contributed by atoms with Crippen molar-refractivity contribution in [3.05, 3.63) is 78.1 Å². The summed E-state index contributed by atoms with van der Waals surface area (Å²) in [6.45, 7) is 17.9. The van der Waals surface area contributed by atoms with Crippen LogP contribution in [0.1, 0.15) is 59.1 Å². The number of hydrogen-bond acceptors (Lipinski definition) is 3. The molecule has 2 aromatic carbocycles. The second-order valence-electron chi connectivity index (χ2n) is 9.89. The zero-order valence-electron chi connectivity index (χ0n) is 20.3. The minimum Gasteiger partial charge on any atom is -0.546 e. The molecule has 3 rings (SSSR count). The Labute approximate surface area is 194 Å². The number of fused-ring (bicyclic) bond motifs is 1. The molecule has 0 aliphatic carbocycles. The summed E-state index contributed by atoms with van der Waals surface area (Å²) in [5.41, 5.74) is 1.86. The molecule has 5 heteroatoms. The third kappa shape index (κ3) is 4.16. The van der Waals surface area contributed by atoms with E-state index < -0.39 is 13.9 Å². The lowest BCUT2D eigenvalue weighted by Gasteiger charge is -2.43. The molecular formula is C27H37NO3Si. The standard InChI is InChI=1S/C27H37NO3Si/c1-19(2)32(20(3)4,21(5)6)31-22(7)17-27(30)24-15-11-12-16-25(24)28(26(27)29)18-23-13-9-8-10-14-23/h8-16,19-21,30H,7,17-18H2,1-6H3/t27-/m1/s1. The highest BCUT2D eigenvalue weighted by Crippen LogP contribution is 2.47. The predicted octanol–water partition coefficient (Wildman–Crippen LogP) is 6.52. The Morgan fingerprint density at radius 2 is 1.50 bits per heavy atom. The van der Waals surface area contributed by atoms with Crippen molar-refractivity contribution in [2.45, 2.75) is 76.7 Å². The number of anilines is 1. The van der Waals surface area contributed by atoms with E-state index in [2.05, 4.69) is 48.1 Å². The molecule has 0 unspecified atom stereocenters. The maximum Gasteiger partial charge on any atom is 0.264 e. The number of hydrogen-bond donors (Lipinski definition) is 1. The summed E-state index contributed by atoms with van der Waals surface area (Å²) in [6.07, 6.45) is 0.0645. The van der Waals surface area contributed by atoms with Crippen LogP contribution in [0.2, 0.25) is 16.6 Å². The number of nitrogens with zero attached hydrogens (tertiary/aromatic N) is 1. The van der Waals surface area contributed by atoms with Gasteiger partial charge in [0.15, 0.2) is 5.60 Å². The molecule has 0 saturated heterocycles. The highest BCUT2D eigenvalue weighted by atomic mass is 28.4. The molecule has 2 aromatic rings. The van der Waals surface area contributed by atoms with E-state index in [9.17, 15) is 9.90 Å². The van der Waals surface area contributed by atoms with Crippen molar-refractivity contribution in [1.29, 1.82) is 0 Å². The fourth-order valence-corrected chi connectivity index (χ4v) is 10.8. The van der Waals surface area contributed by atoms with E-state index in [4.69, 9.17) is 4.43 Å². The zero-order chi connectivity index (χ0) is 23.7. The van der Waals surface area contributed by atoms with E-state index in [-0.39, 0.29) is 12.3 Å². The van der Waals surface area contributed by atoms with Gasteiger partial charge in [0.1, 0.15) is 0 Å². The summed E-state index contributed by atoms with van der Waals surface area (Å²) >= 11 is 0. The van der Waals surface area contributed by atoms with E-state index in [1.54, 1.807) is 4.90 Å². The van der Waals surface area contributed by atoms with E-state index in [1.807, 2.05) is 54.6 Å². The zero-order valence-corrected chi connectivity index (χ0v) is 21.3. The van der Waals surface area contributed by atoms with Crippen LogP contribution in [0.25, 0.3) is 0 Å². The predicted molar refractivity (Wildman–Crippen MR) is 134 cm³/mol. The molecule has 1 amide bonds. The Hall–Kier alpha value is -2.37. The van der Waals surface area contributed by atoms with Crippen LogP contribution in [0.4, 0.5) is 5.69 Å². The molecule has 32 heavy (non-hydrogen) atoms. The first-order valence-corrected chi connectivity index (χ1v) is 13.7. The molecule has 0 bridgehead atoms. The molecule has 1 aliphatic rings. The van der Waals surface area contributed by atoms with Gasteiger partial charge in [0, 0.05) is 12.0 Å². The van der Waals surface area contributed by atoms with Crippen molar-refractivity contribution < 1.29 is 14.3 Å². The molecule has 4 nitrogen and oxygen atoms in total. The van der Waals surface area contributed by atoms with Crippen LogP contribution < -0.4 is 4.90 Å². The lowest BCUT2D eigenvalue weighted by atomic mass is 9.91. The fourth-order valence-electron chi connectivity index (χ4n) is 5.53. The number of carbonyl (C=O) groups excluding carboxylic acids is 1. The number of amides is 1. The summed E-state index contributed by atoms with van der Waals surface area (Å²) in [4.78, 5) is 15.3. The molecule has 1 heterocycles. The smallest absolute Gasteiger partial charge is 0.264 e. The first-order chi connectivity index (χ1) is 15.0. The highest BCUT2D eigenvalue weighted by molar-refractivity contribution is 6.77. The van der Waals surface area contributed by atoms with E-state index in [0.29, 0.717) is 34.5 Å². The van der Waals surface area contributed by atoms with Gasteiger partial charge < -0.3 is 14.4 Å². The summed E-state index contributed by atoms with van der Waals surface area (Å²) in [5.74, 6) is 0.179. The lowest BCUT2D eigenvalue weighted by molar-refractivity contribution is -0.136. The third-order valence-electron chi connectivity index (χ3n) is 6.90. The van der Waals surface area contributed by atoms with Crippen molar-refractivity contribution in [3.8, 4) is 0 Å². The number of benzene rings is 2. The second kappa shape index (κ2) is 9.24. The highest BCUT2D eigenvalue weighted by Gasteiger charge is 2.52. The largest absolute Gasteiger partial charge is 0.546 e. The maximum atomic E-state index is 13.6. The van der Waals surface area contributed by atoms with Gasteiger partial charge in [-0.1, -0.05) is 96.7 Å². The van der Waals surface area contributed by atoms with Crippen molar-refractivity contribution in [1.82, 2.24) is 0 Å². The van der Waals surface area contributed by atoms with Crippen LogP contribution in [0.15, 0.2) is 66.9 Å². The minimum absolute atomic E-state index is 0.0645. The topological polar surface area (TPSA) is 49.8 Å². The molecular weight excluding hydrogens is 414 g/mol. The van der Waals surface area contributed by atoms with Crippen LogP contribution in [0.3, 0.4) is 0 Å². The van der Waals surface area contributed by atoms with E-state index in [1.165, 1.54) is 0 Å². The average Bonchev–Trinajstić information content (AvgIpc) is 2.94. The van der Waals surface area contributed by atoms with Crippen molar-refractivity contribution in [2.24, 2.45) is 0 Å². The Morgan fingerprint density at radius 3 is 2.06 bits per heavy atom. The van der Waals surface area contributed by atoms with Gasteiger partial charge in [-0.2, -0.15) is 0 Å². The van der Waals surface area contributed by atoms with Gasteiger partial charge in [0.25, 0.3) is 14.2 Å². The molecule has 0 spiro atoms. The van der Waals surface area contributed by atoms with Gasteiger partial charge in [0.05, 0.1) is 18.0 Å². The third-order valence-corrected chi connectivity index (χ3v) is 13.0. The molecule has 0 radical (unpaired) electrons. The molecule has 1 N–H and O–H groups in total. The van der Waals surface area contributed by atoms with Gasteiger partial charge in [0.2, 0.25) is 0 Å². The molecule has 1 aliphatic heterocycles. The van der Waals surface area contributed by atoms with Crippen LogP contribution in [-0.4, -0.2) is 19.3 Å². The second-order valence-corrected chi connectivity index (χ2v) is 15.3. The average molecular weight is 452 g/mol. The Bertz CT molecular complexity index is 948. The van der Waals surface area contributed by atoms with Crippen LogP contribution >= 0.6 is 0 Å². The maximum absolute atomic E-state index is 13.6. The Balaban J connectivity index is 1.92. The van der Waals surface area contributed by atoms with Gasteiger partial charge >= 0.3 is 0 Å². The summed E-state index contributed by atoms with van der Waals surface area (Å²) < 4.78 is 6.68. The van der Waals surface area contributed by atoms with Gasteiger partial charge in [-0.25, -0.2) is 0 Å². The molecule has 172 valence electrons. The minimum atomic E-state index is -2.22. The first-order valence-electron chi connectivity index (χ1n) is 11.6. The SMILES string of the molecule is C=C(C[C@]1(O)C(=O)N(Cc2ccccc2)c2ccccc21)O[Si](C(C)C)(C(C)C)C(C)C. The summed E-state index contributed by atoms with van der Waals surface area (Å²) in [6, 6.07) is 17.3. The van der Waals surface area contributed by atoms with Crippen LogP contribution in [0, 0.1) is 0 Å². The van der Waals surface area contributed by atoms with Crippen molar-refractivity contribution in [2.75, 3.05) is 4.90 Å². The molecule has 1 atom stereocenters. The first kappa shape index (κ1) is 24.3. The molecule has 0 fully saturated rings. The Morgan fingerprint density at radius 1 is 0.969 bits per heavy atom. The van der Waals surface area contributed by atoms with E-state index >= 15 is 0 Å². The number of carbonyl (C=O) groups is 1. The van der Waals surface area contributed by atoms with Crippen LogP contribution in [0.5, 0.6) is 0 Å². The van der Waals surface area contributed by atoms with E-state index in [0.717, 1.165) is 11.3 Å². The fraction of sp³-hybridized carbons (Fsp3) is 0.444. The Kier molecular flexibility index (Phi) is 7.01. The van der Waals surface area contributed by atoms with Gasteiger partial charge in [-0.15, -0.1) is 0 Å². The lowest BCUT2D eigenvalue weighted by Crippen LogP contribution is -2.48. The number of aliphatic hydroxyl groups is 1. The normalized spacial score (nSPS) is 18.6. The monoisotopic (exact) mass is 451 g/mol. The molecule has 0 aromatic heterocycles. The molecule has 0 saturated carbocycles. The quantitative estimate of drug-likeness (QED) is 0.349. The summed E-state index contributed by atoms with van der Waals surface area (Å²) in [5, 5.41) is 11.7. The van der Waals surface area contributed by atoms with Gasteiger partial charge in [-0.3, -0.25) is 4.79 Å². The summed E-state index contributed by atoms with van der Waals surface area (Å²) in [7, 11) is -2.22.